The minimum atomic E-state index is -2.97. The largest absolute Gasteiger partial charge is 0.462 e. The molecule has 0 saturated heterocycles. The average Bonchev–Trinajstić information content (AvgIpc) is 2.39. The first kappa shape index (κ1) is 14.5. The molecule has 2 rings (SSSR count). The van der Waals surface area contributed by atoms with Crippen LogP contribution in [0.15, 0.2) is 24.4 Å². The lowest BCUT2D eigenvalue weighted by atomic mass is 10.1. The minimum Gasteiger partial charge on any atom is -0.462 e. The monoisotopic (exact) mass is 301 g/mol. The van der Waals surface area contributed by atoms with Gasteiger partial charge in [0.25, 0.3) is 0 Å². The number of esters is 1. The molecule has 0 N–H and O–H groups in total. The van der Waals surface area contributed by atoms with Crippen LogP contribution in [0.2, 0.25) is 5.02 Å². The number of ether oxygens (including phenoxy) is 2. The van der Waals surface area contributed by atoms with Gasteiger partial charge in [0.1, 0.15) is 5.75 Å². The number of benzene rings is 1. The van der Waals surface area contributed by atoms with E-state index in [0.717, 1.165) is 0 Å². The summed E-state index contributed by atoms with van der Waals surface area (Å²) < 4.78 is 33.5. The number of alkyl halides is 2. The molecule has 0 bridgehead atoms. The quantitative estimate of drug-likeness (QED) is 0.809. The number of aromatic nitrogens is 1. The van der Waals surface area contributed by atoms with Gasteiger partial charge in [-0.15, -0.1) is 0 Å². The van der Waals surface area contributed by atoms with Crippen LogP contribution in [0.4, 0.5) is 8.78 Å². The van der Waals surface area contributed by atoms with E-state index < -0.39 is 12.6 Å². The van der Waals surface area contributed by atoms with E-state index in [9.17, 15) is 13.6 Å². The van der Waals surface area contributed by atoms with Gasteiger partial charge in [-0.3, -0.25) is 4.98 Å². The first-order chi connectivity index (χ1) is 9.51. The number of rotatable bonds is 4. The molecule has 0 atom stereocenters. The summed E-state index contributed by atoms with van der Waals surface area (Å²) in [6, 6.07) is 4.22. The highest BCUT2D eigenvalue weighted by molar-refractivity contribution is 6.32. The van der Waals surface area contributed by atoms with Crippen molar-refractivity contribution in [3.63, 3.8) is 0 Å². The van der Waals surface area contributed by atoms with Gasteiger partial charge in [-0.05, 0) is 19.1 Å². The van der Waals surface area contributed by atoms with Crippen molar-refractivity contribution in [2.75, 3.05) is 6.61 Å². The summed E-state index contributed by atoms with van der Waals surface area (Å²) >= 11 is 5.84. The lowest BCUT2D eigenvalue weighted by Crippen LogP contribution is -2.05. The molecule has 20 heavy (non-hydrogen) atoms. The number of hydrogen-bond acceptors (Lipinski definition) is 4. The van der Waals surface area contributed by atoms with Gasteiger partial charge in [-0.1, -0.05) is 11.6 Å². The topological polar surface area (TPSA) is 48.4 Å². The fraction of sp³-hybridized carbons (Fsp3) is 0.231. The Labute approximate surface area is 118 Å². The van der Waals surface area contributed by atoms with Crippen molar-refractivity contribution in [3.05, 3.63) is 35.0 Å². The minimum absolute atomic E-state index is 0.0145. The van der Waals surface area contributed by atoms with Crippen molar-refractivity contribution in [2.45, 2.75) is 13.5 Å². The highest BCUT2D eigenvalue weighted by Crippen LogP contribution is 2.30. The summed E-state index contributed by atoms with van der Waals surface area (Å²) in [6.45, 7) is -1.03. The van der Waals surface area contributed by atoms with Crippen molar-refractivity contribution in [2.24, 2.45) is 0 Å². The van der Waals surface area contributed by atoms with E-state index in [1.807, 2.05) is 0 Å². The van der Waals surface area contributed by atoms with Gasteiger partial charge in [-0.25, -0.2) is 4.79 Å². The van der Waals surface area contributed by atoms with Crippen molar-refractivity contribution in [1.29, 1.82) is 0 Å². The summed E-state index contributed by atoms with van der Waals surface area (Å²) in [5.74, 6) is -0.670. The van der Waals surface area contributed by atoms with Gasteiger partial charge in [-0.2, -0.15) is 8.78 Å². The number of nitrogens with zero attached hydrogens (tertiary/aromatic N) is 1. The second-order valence-corrected chi connectivity index (χ2v) is 4.21. The molecule has 2 aromatic rings. The number of fused-ring (bicyclic) bond motifs is 1. The molecule has 0 aliphatic carbocycles. The van der Waals surface area contributed by atoms with E-state index in [0.29, 0.717) is 10.9 Å². The van der Waals surface area contributed by atoms with Gasteiger partial charge < -0.3 is 9.47 Å². The molecule has 0 saturated carbocycles. The van der Waals surface area contributed by atoms with Gasteiger partial charge in [0.2, 0.25) is 0 Å². The van der Waals surface area contributed by atoms with Crippen molar-refractivity contribution < 1.29 is 23.0 Å². The Bertz CT molecular complexity index is 649. The standard InChI is InChI=1S/C13H10ClF2NO3/c1-2-19-12(18)8-3-7-4-9(14)11(20-13(15)16)5-10(7)17-6-8/h3-6,13H,2H2,1H3. The normalized spacial score (nSPS) is 10.8. The Balaban J connectivity index is 2.42. The maximum atomic E-state index is 12.2. The SMILES string of the molecule is CCOC(=O)c1cnc2cc(OC(F)F)c(Cl)cc2c1. The summed E-state index contributed by atoms with van der Waals surface area (Å²) in [7, 11) is 0. The van der Waals surface area contributed by atoms with E-state index in [1.54, 1.807) is 6.92 Å². The summed E-state index contributed by atoms with van der Waals surface area (Å²) in [6.07, 6.45) is 1.31. The molecule has 0 radical (unpaired) electrons. The van der Waals surface area contributed by atoms with E-state index in [1.165, 1.54) is 24.4 Å². The number of carbonyl (C=O) groups excluding carboxylic acids is 1. The maximum absolute atomic E-state index is 12.2. The van der Waals surface area contributed by atoms with Crippen molar-refractivity contribution >= 4 is 28.5 Å². The van der Waals surface area contributed by atoms with E-state index in [4.69, 9.17) is 16.3 Å². The Hall–Kier alpha value is -1.95. The number of carbonyl (C=O) groups is 1. The van der Waals surface area contributed by atoms with E-state index in [-0.39, 0.29) is 22.9 Å². The summed E-state index contributed by atoms with van der Waals surface area (Å²) in [5, 5.41) is 0.544. The summed E-state index contributed by atoms with van der Waals surface area (Å²) in [5.41, 5.74) is 0.649. The third-order valence-electron chi connectivity index (χ3n) is 2.46. The zero-order chi connectivity index (χ0) is 14.7. The van der Waals surface area contributed by atoms with Crippen LogP contribution >= 0.6 is 11.6 Å². The fourth-order valence-electron chi connectivity index (χ4n) is 1.64. The Morgan fingerprint density at radius 2 is 2.15 bits per heavy atom. The molecular weight excluding hydrogens is 292 g/mol. The molecule has 0 unspecified atom stereocenters. The van der Waals surface area contributed by atoms with Gasteiger partial charge >= 0.3 is 12.6 Å². The van der Waals surface area contributed by atoms with Crippen LogP contribution in [0.1, 0.15) is 17.3 Å². The van der Waals surface area contributed by atoms with E-state index >= 15 is 0 Å². The van der Waals surface area contributed by atoms with Gasteiger partial charge in [0.05, 0.1) is 22.7 Å². The molecule has 4 nitrogen and oxygen atoms in total. The molecule has 7 heteroatoms. The second kappa shape index (κ2) is 6.00. The van der Waals surface area contributed by atoms with Crippen LogP contribution < -0.4 is 4.74 Å². The van der Waals surface area contributed by atoms with Crippen LogP contribution in [0.25, 0.3) is 10.9 Å². The smallest absolute Gasteiger partial charge is 0.387 e. The van der Waals surface area contributed by atoms with Crippen LogP contribution in [0, 0.1) is 0 Å². The van der Waals surface area contributed by atoms with Crippen molar-refractivity contribution in [3.8, 4) is 5.75 Å². The van der Waals surface area contributed by atoms with Gasteiger partial charge in [0.15, 0.2) is 0 Å². The predicted molar refractivity (Wildman–Crippen MR) is 69.3 cm³/mol. The second-order valence-electron chi connectivity index (χ2n) is 3.80. The molecule has 0 aliphatic rings. The maximum Gasteiger partial charge on any atom is 0.387 e. The molecule has 0 spiro atoms. The molecule has 0 aliphatic heterocycles. The number of halogens is 3. The average molecular weight is 302 g/mol. The highest BCUT2D eigenvalue weighted by Gasteiger charge is 2.13. The molecule has 0 amide bonds. The molecule has 1 heterocycles. The first-order valence-corrected chi connectivity index (χ1v) is 6.10. The predicted octanol–water partition coefficient (Wildman–Crippen LogP) is 3.67. The third-order valence-corrected chi connectivity index (χ3v) is 2.76. The van der Waals surface area contributed by atoms with Crippen LogP contribution in [0.3, 0.4) is 0 Å². The molecule has 1 aromatic heterocycles. The molecule has 0 fully saturated rings. The van der Waals surface area contributed by atoms with Crippen molar-refractivity contribution in [1.82, 2.24) is 4.98 Å². The third kappa shape index (κ3) is 3.14. The zero-order valence-electron chi connectivity index (χ0n) is 10.4. The molecule has 106 valence electrons. The lowest BCUT2D eigenvalue weighted by molar-refractivity contribution is -0.0497. The Morgan fingerprint density at radius 1 is 1.40 bits per heavy atom. The highest BCUT2D eigenvalue weighted by atomic mass is 35.5. The first-order valence-electron chi connectivity index (χ1n) is 5.72. The van der Waals surface area contributed by atoms with Gasteiger partial charge in [0, 0.05) is 17.6 Å². The van der Waals surface area contributed by atoms with Crippen LogP contribution in [-0.4, -0.2) is 24.2 Å². The Morgan fingerprint density at radius 3 is 2.80 bits per heavy atom. The number of hydrogen-bond donors (Lipinski definition) is 0. The van der Waals surface area contributed by atoms with E-state index in [2.05, 4.69) is 9.72 Å². The lowest BCUT2D eigenvalue weighted by Gasteiger charge is -2.08. The number of pyridine rings is 1. The zero-order valence-corrected chi connectivity index (χ0v) is 11.2. The summed E-state index contributed by atoms with van der Waals surface area (Å²) in [4.78, 5) is 15.6. The fourth-order valence-corrected chi connectivity index (χ4v) is 1.86. The molecular formula is C13H10ClF2NO3. The van der Waals surface area contributed by atoms with Crippen LogP contribution in [0.5, 0.6) is 5.75 Å². The van der Waals surface area contributed by atoms with Crippen LogP contribution in [-0.2, 0) is 4.74 Å². The Kier molecular flexibility index (Phi) is 4.34. The molecule has 1 aromatic carbocycles.